The van der Waals surface area contributed by atoms with Crippen LogP contribution >= 0.6 is 0 Å². The fraction of sp³-hybridized carbons (Fsp3) is 0.278. The SMILES string of the molecule is Cc1ccc(S(=O)(=O)NC2CC(=O)N(S(=O)(=O)c3ccc(C)cc3)C2)cc1. The van der Waals surface area contributed by atoms with E-state index in [4.69, 9.17) is 0 Å². The number of carbonyl (C=O) groups is 1. The van der Waals surface area contributed by atoms with Crippen LogP contribution in [0, 0.1) is 13.8 Å². The van der Waals surface area contributed by atoms with Crippen LogP contribution in [0.3, 0.4) is 0 Å². The number of sulfonamides is 2. The molecule has 144 valence electrons. The summed E-state index contributed by atoms with van der Waals surface area (Å²) in [5.74, 6) is -0.632. The van der Waals surface area contributed by atoms with E-state index in [2.05, 4.69) is 4.72 Å². The summed E-state index contributed by atoms with van der Waals surface area (Å²) in [6, 6.07) is 11.6. The molecule has 0 aromatic heterocycles. The van der Waals surface area contributed by atoms with Crippen LogP contribution in [-0.4, -0.2) is 39.6 Å². The van der Waals surface area contributed by atoms with Gasteiger partial charge in [-0.3, -0.25) is 4.79 Å². The second kappa shape index (κ2) is 7.06. The molecule has 9 heteroatoms. The summed E-state index contributed by atoms with van der Waals surface area (Å²) >= 11 is 0. The van der Waals surface area contributed by atoms with Crippen LogP contribution < -0.4 is 4.72 Å². The predicted molar refractivity (Wildman–Crippen MR) is 100.0 cm³/mol. The van der Waals surface area contributed by atoms with Gasteiger partial charge in [0.25, 0.3) is 10.0 Å². The van der Waals surface area contributed by atoms with Gasteiger partial charge in [-0.2, -0.15) is 0 Å². The highest BCUT2D eigenvalue weighted by atomic mass is 32.2. The predicted octanol–water partition coefficient (Wildman–Crippen LogP) is 1.57. The molecule has 1 N–H and O–H groups in total. The topological polar surface area (TPSA) is 101 Å². The first-order chi connectivity index (χ1) is 12.6. The van der Waals surface area contributed by atoms with Crippen LogP contribution in [0.2, 0.25) is 0 Å². The Kier molecular flexibility index (Phi) is 5.11. The van der Waals surface area contributed by atoms with Crippen molar-refractivity contribution >= 4 is 26.0 Å². The van der Waals surface area contributed by atoms with Crippen LogP contribution in [0.15, 0.2) is 58.3 Å². The molecule has 0 spiro atoms. The zero-order valence-electron chi connectivity index (χ0n) is 14.9. The van der Waals surface area contributed by atoms with Crippen LogP contribution in [0.5, 0.6) is 0 Å². The van der Waals surface area contributed by atoms with Gasteiger partial charge in [0.2, 0.25) is 15.9 Å². The van der Waals surface area contributed by atoms with Gasteiger partial charge in [0.15, 0.2) is 0 Å². The first-order valence-corrected chi connectivity index (χ1v) is 11.2. The molecule has 27 heavy (non-hydrogen) atoms. The summed E-state index contributed by atoms with van der Waals surface area (Å²) in [4.78, 5) is 12.3. The maximum Gasteiger partial charge on any atom is 0.266 e. The fourth-order valence-corrected chi connectivity index (χ4v) is 5.51. The molecule has 1 aliphatic heterocycles. The van der Waals surface area contributed by atoms with Crippen LogP contribution in [-0.2, 0) is 24.8 Å². The Balaban J connectivity index is 1.79. The van der Waals surface area contributed by atoms with E-state index in [0.29, 0.717) is 0 Å². The van der Waals surface area contributed by atoms with Crippen molar-refractivity contribution in [3.8, 4) is 0 Å². The molecular weight excluding hydrogens is 388 g/mol. The van der Waals surface area contributed by atoms with E-state index in [1.165, 1.54) is 24.3 Å². The lowest BCUT2D eigenvalue weighted by atomic mass is 10.2. The highest BCUT2D eigenvalue weighted by Crippen LogP contribution is 2.23. The molecular formula is C18H20N2O5S2. The van der Waals surface area contributed by atoms with Gasteiger partial charge in [0.05, 0.1) is 16.3 Å². The quantitative estimate of drug-likeness (QED) is 0.809. The molecule has 1 aliphatic rings. The third-order valence-electron chi connectivity index (χ3n) is 4.35. The number of rotatable bonds is 5. The molecule has 1 amide bonds. The van der Waals surface area contributed by atoms with Gasteiger partial charge >= 0.3 is 0 Å². The fourth-order valence-electron chi connectivity index (χ4n) is 2.83. The van der Waals surface area contributed by atoms with Crippen molar-refractivity contribution in [1.82, 2.24) is 9.03 Å². The monoisotopic (exact) mass is 408 g/mol. The molecule has 0 bridgehead atoms. The Morgan fingerprint density at radius 1 is 0.852 bits per heavy atom. The summed E-state index contributed by atoms with van der Waals surface area (Å²) in [7, 11) is -7.86. The number of aryl methyl sites for hydroxylation is 2. The smallest absolute Gasteiger partial charge is 0.266 e. The lowest BCUT2D eigenvalue weighted by molar-refractivity contribution is -0.123. The number of hydrogen-bond donors (Lipinski definition) is 1. The number of amides is 1. The maximum absolute atomic E-state index is 12.7. The zero-order valence-corrected chi connectivity index (χ0v) is 16.5. The van der Waals surface area contributed by atoms with E-state index in [1.807, 2.05) is 13.8 Å². The van der Waals surface area contributed by atoms with Crippen molar-refractivity contribution in [3.63, 3.8) is 0 Å². The number of nitrogens with one attached hydrogen (secondary N) is 1. The van der Waals surface area contributed by atoms with Crippen molar-refractivity contribution in [2.75, 3.05) is 6.54 Å². The minimum absolute atomic E-state index is 0.00323. The van der Waals surface area contributed by atoms with E-state index in [-0.39, 0.29) is 22.8 Å². The molecule has 1 saturated heterocycles. The highest BCUT2D eigenvalue weighted by Gasteiger charge is 2.40. The highest BCUT2D eigenvalue weighted by molar-refractivity contribution is 7.90. The molecule has 0 aliphatic carbocycles. The average Bonchev–Trinajstić information content (AvgIpc) is 2.96. The second-order valence-corrected chi connectivity index (χ2v) is 10.2. The average molecular weight is 409 g/mol. The number of carbonyl (C=O) groups excluding carboxylic acids is 1. The summed E-state index contributed by atoms with van der Waals surface area (Å²) < 4.78 is 53.5. The summed E-state index contributed by atoms with van der Waals surface area (Å²) in [5.41, 5.74) is 1.81. The van der Waals surface area contributed by atoms with E-state index in [0.717, 1.165) is 15.4 Å². The number of hydrogen-bond acceptors (Lipinski definition) is 5. The van der Waals surface area contributed by atoms with Gasteiger partial charge in [0, 0.05) is 12.5 Å². The Labute approximate surface area is 159 Å². The second-order valence-electron chi connectivity index (χ2n) is 6.58. The van der Waals surface area contributed by atoms with Gasteiger partial charge in [0.1, 0.15) is 0 Å². The standard InChI is InChI=1S/C18H20N2O5S2/c1-13-3-7-16(8-4-13)26(22,23)19-15-11-18(21)20(12-15)27(24,25)17-9-5-14(2)6-10-17/h3-10,15,19H,11-12H2,1-2H3. The third kappa shape index (κ3) is 4.05. The first kappa shape index (κ1) is 19.5. The van der Waals surface area contributed by atoms with Crippen molar-refractivity contribution in [2.24, 2.45) is 0 Å². The number of nitrogens with zero attached hydrogens (tertiary/aromatic N) is 1. The van der Waals surface area contributed by atoms with Crippen LogP contribution in [0.4, 0.5) is 0 Å². The minimum Gasteiger partial charge on any atom is -0.274 e. The number of benzene rings is 2. The Bertz CT molecular complexity index is 1060. The molecule has 0 saturated carbocycles. The normalized spacial score (nSPS) is 18.1. The Hall–Kier alpha value is -2.23. The lowest BCUT2D eigenvalue weighted by Gasteiger charge is -2.17. The molecule has 7 nitrogen and oxygen atoms in total. The molecule has 2 aromatic carbocycles. The molecule has 1 atom stereocenters. The van der Waals surface area contributed by atoms with E-state index >= 15 is 0 Å². The first-order valence-electron chi connectivity index (χ1n) is 8.31. The third-order valence-corrected chi connectivity index (χ3v) is 7.68. The molecule has 1 unspecified atom stereocenters. The maximum atomic E-state index is 12.7. The molecule has 1 fully saturated rings. The van der Waals surface area contributed by atoms with Gasteiger partial charge in [-0.1, -0.05) is 35.4 Å². The van der Waals surface area contributed by atoms with Gasteiger partial charge in [-0.05, 0) is 38.1 Å². The van der Waals surface area contributed by atoms with Crippen molar-refractivity contribution in [1.29, 1.82) is 0 Å². The van der Waals surface area contributed by atoms with E-state index < -0.39 is 32.0 Å². The zero-order chi connectivity index (χ0) is 19.8. The summed E-state index contributed by atoms with van der Waals surface area (Å²) in [6.07, 6.45) is -0.212. The van der Waals surface area contributed by atoms with Crippen molar-refractivity contribution in [3.05, 3.63) is 59.7 Å². The van der Waals surface area contributed by atoms with Crippen molar-refractivity contribution in [2.45, 2.75) is 36.1 Å². The van der Waals surface area contributed by atoms with E-state index in [9.17, 15) is 21.6 Å². The molecule has 1 heterocycles. The van der Waals surface area contributed by atoms with Gasteiger partial charge < -0.3 is 0 Å². The van der Waals surface area contributed by atoms with Gasteiger partial charge in [-0.25, -0.2) is 25.9 Å². The van der Waals surface area contributed by atoms with Crippen LogP contribution in [0.1, 0.15) is 17.5 Å². The van der Waals surface area contributed by atoms with Crippen molar-refractivity contribution < 1.29 is 21.6 Å². The molecule has 3 rings (SSSR count). The summed E-state index contributed by atoms with van der Waals surface area (Å²) in [6.45, 7) is 3.43. The molecule has 0 radical (unpaired) electrons. The lowest BCUT2D eigenvalue weighted by Crippen LogP contribution is -2.38. The van der Waals surface area contributed by atoms with E-state index in [1.54, 1.807) is 24.3 Å². The summed E-state index contributed by atoms with van der Waals surface area (Å²) in [5, 5.41) is 0. The van der Waals surface area contributed by atoms with Crippen LogP contribution in [0.25, 0.3) is 0 Å². The molecule has 2 aromatic rings. The Morgan fingerprint density at radius 3 is 1.85 bits per heavy atom. The largest absolute Gasteiger partial charge is 0.274 e. The van der Waals surface area contributed by atoms with Gasteiger partial charge in [-0.15, -0.1) is 0 Å². The Morgan fingerprint density at radius 2 is 1.33 bits per heavy atom. The minimum atomic E-state index is -4.01.